The first kappa shape index (κ1) is 9.48. The van der Waals surface area contributed by atoms with E-state index in [-0.39, 0.29) is 12.0 Å². The molecule has 0 radical (unpaired) electrons. The lowest BCUT2D eigenvalue weighted by Crippen LogP contribution is -2.31. The average Bonchev–Trinajstić information content (AvgIpc) is 2.52. The highest BCUT2D eigenvalue weighted by Gasteiger charge is 2.29. The third-order valence-electron chi connectivity index (χ3n) is 2.11. The number of carbonyl (C=O) groups is 1. The molecule has 0 aromatic rings. The molecule has 4 nitrogen and oxygen atoms in total. The summed E-state index contributed by atoms with van der Waals surface area (Å²) < 4.78 is 4.63. The first-order valence-corrected chi connectivity index (χ1v) is 4.32. The molecule has 2 N–H and O–H groups in total. The predicted molar refractivity (Wildman–Crippen MR) is 45.9 cm³/mol. The second-order valence-electron chi connectivity index (χ2n) is 2.97. The lowest BCUT2D eigenvalue weighted by atomic mass is 10.2. The minimum Gasteiger partial charge on any atom is -0.468 e. The molecule has 1 aliphatic rings. The molecular weight excluding hydrogens is 156 g/mol. The Kier molecular flexibility index (Phi) is 3.49. The fourth-order valence-corrected chi connectivity index (χ4v) is 1.50. The maximum absolute atomic E-state index is 11.1. The molecule has 1 rings (SSSR count). The smallest absolute Gasteiger partial charge is 0.322 e. The summed E-state index contributed by atoms with van der Waals surface area (Å²) >= 11 is 0. The van der Waals surface area contributed by atoms with Gasteiger partial charge in [0, 0.05) is 12.6 Å². The van der Waals surface area contributed by atoms with E-state index in [9.17, 15) is 4.79 Å². The van der Waals surface area contributed by atoms with Gasteiger partial charge in [0.25, 0.3) is 0 Å². The van der Waals surface area contributed by atoms with E-state index < -0.39 is 0 Å². The van der Waals surface area contributed by atoms with Crippen LogP contribution in [0.2, 0.25) is 0 Å². The molecule has 0 saturated carbocycles. The normalized spacial score (nSPS) is 28.8. The first-order valence-electron chi connectivity index (χ1n) is 4.32. The van der Waals surface area contributed by atoms with Gasteiger partial charge in [0.1, 0.15) is 6.04 Å². The molecule has 70 valence electrons. The minimum atomic E-state index is -0.157. The molecule has 0 spiro atoms. The van der Waals surface area contributed by atoms with Crippen LogP contribution in [-0.2, 0) is 9.53 Å². The van der Waals surface area contributed by atoms with E-state index >= 15 is 0 Å². The average molecular weight is 172 g/mol. The van der Waals surface area contributed by atoms with Crippen molar-refractivity contribution in [3.05, 3.63) is 0 Å². The largest absolute Gasteiger partial charge is 0.468 e. The van der Waals surface area contributed by atoms with E-state index in [1.807, 2.05) is 0 Å². The number of nitrogens with one attached hydrogen (secondary N) is 2. The molecule has 0 aliphatic carbocycles. The monoisotopic (exact) mass is 172 g/mol. The summed E-state index contributed by atoms with van der Waals surface area (Å²) in [6, 6.07) is 0.304. The fraction of sp³-hybridized carbons (Fsp3) is 0.875. The molecule has 4 heteroatoms. The number of methoxy groups -OCH3 is 1. The summed E-state index contributed by atoms with van der Waals surface area (Å²) in [6.45, 7) is 3.86. The van der Waals surface area contributed by atoms with Crippen molar-refractivity contribution >= 4 is 5.97 Å². The van der Waals surface area contributed by atoms with E-state index in [1.54, 1.807) is 0 Å². The second kappa shape index (κ2) is 4.42. The van der Waals surface area contributed by atoms with Gasteiger partial charge in [-0.3, -0.25) is 4.79 Å². The SMILES string of the molecule is CCNC1CNC(C(=O)OC)C1. The Morgan fingerprint density at radius 1 is 1.75 bits per heavy atom. The van der Waals surface area contributed by atoms with E-state index in [0.29, 0.717) is 6.04 Å². The molecule has 0 bridgehead atoms. The Hall–Kier alpha value is -0.610. The van der Waals surface area contributed by atoms with Crippen LogP contribution in [-0.4, -0.2) is 38.3 Å². The summed E-state index contributed by atoms with van der Waals surface area (Å²) in [5, 5.41) is 6.39. The highest BCUT2D eigenvalue weighted by Crippen LogP contribution is 2.07. The van der Waals surface area contributed by atoms with Crippen molar-refractivity contribution in [2.24, 2.45) is 0 Å². The molecule has 2 unspecified atom stereocenters. The van der Waals surface area contributed by atoms with E-state index in [2.05, 4.69) is 22.3 Å². The number of esters is 1. The van der Waals surface area contributed by atoms with Gasteiger partial charge in [0.15, 0.2) is 0 Å². The zero-order valence-corrected chi connectivity index (χ0v) is 7.59. The van der Waals surface area contributed by atoms with Gasteiger partial charge in [-0.05, 0) is 13.0 Å². The second-order valence-corrected chi connectivity index (χ2v) is 2.97. The molecule has 2 atom stereocenters. The number of ether oxygens (including phenoxy) is 1. The number of likely N-dealkylation sites (N-methyl/N-ethyl adjacent to an activating group) is 1. The standard InChI is InChI=1S/C8H16N2O2/c1-3-9-6-4-7(10-5-6)8(11)12-2/h6-7,9-10H,3-5H2,1-2H3. The van der Waals surface area contributed by atoms with Crippen LogP contribution in [0.3, 0.4) is 0 Å². The van der Waals surface area contributed by atoms with Crippen molar-refractivity contribution in [3.8, 4) is 0 Å². The number of rotatable bonds is 3. The van der Waals surface area contributed by atoms with Crippen LogP contribution in [0.5, 0.6) is 0 Å². The van der Waals surface area contributed by atoms with Gasteiger partial charge >= 0.3 is 5.97 Å². The van der Waals surface area contributed by atoms with Crippen molar-refractivity contribution < 1.29 is 9.53 Å². The summed E-state index contributed by atoms with van der Waals surface area (Å²) in [6.07, 6.45) is 0.834. The van der Waals surface area contributed by atoms with Crippen LogP contribution in [0.1, 0.15) is 13.3 Å². The lowest BCUT2D eigenvalue weighted by Gasteiger charge is -2.08. The van der Waals surface area contributed by atoms with Gasteiger partial charge in [0.05, 0.1) is 7.11 Å². The van der Waals surface area contributed by atoms with Crippen molar-refractivity contribution in [2.45, 2.75) is 25.4 Å². The quantitative estimate of drug-likeness (QED) is 0.563. The number of hydrogen-bond donors (Lipinski definition) is 2. The summed E-state index contributed by atoms with van der Waals surface area (Å²) in [5.41, 5.74) is 0. The summed E-state index contributed by atoms with van der Waals surface area (Å²) in [5.74, 6) is -0.157. The third-order valence-corrected chi connectivity index (χ3v) is 2.11. The molecule has 0 aromatic heterocycles. The molecule has 12 heavy (non-hydrogen) atoms. The van der Waals surface area contributed by atoms with Crippen LogP contribution in [0.4, 0.5) is 0 Å². The molecule has 0 amide bonds. The van der Waals surface area contributed by atoms with Crippen LogP contribution < -0.4 is 10.6 Å². The van der Waals surface area contributed by atoms with Crippen LogP contribution in [0, 0.1) is 0 Å². The Labute approximate surface area is 72.7 Å². The Balaban J connectivity index is 2.30. The van der Waals surface area contributed by atoms with Crippen molar-refractivity contribution in [3.63, 3.8) is 0 Å². The molecule has 1 aliphatic heterocycles. The van der Waals surface area contributed by atoms with Gasteiger partial charge in [-0.25, -0.2) is 0 Å². The maximum Gasteiger partial charge on any atom is 0.322 e. The third kappa shape index (κ3) is 2.19. The molecular formula is C8H16N2O2. The van der Waals surface area contributed by atoms with Gasteiger partial charge in [0.2, 0.25) is 0 Å². The van der Waals surface area contributed by atoms with Gasteiger partial charge in [-0.15, -0.1) is 0 Å². The molecule has 1 fully saturated rings. The van der Waals surface area contributed by atoms with Crippen LogP contribution >= 0.6 is 0 Å². The number of hydrogen-bond acceptors (Lipinski definition) is 4. The zero-order valence-electron chi connectivity index (χ0n) is 7.59. The van der Waals surface area contributed by atoms with E-state index in [1.165, 1.54) is 7.11 Å². The van der Waals surface area contributed by atoms with Crippen molar-refractivity contribution in [2.75, 3.05) is 20.2 Å². The van der Waals surface area contributed by atoms with Crippen molar-refractivity contribution in [1.29, 1.82) is 0 Å². The van der Waals surface area contributed by atoms with Crippen molar-refractivity contribution in [1.82, 2.24) is 10.6 Å². The maximum atomic E-state index is 11.1. The predicted octanol–water partition coefficient (Wildman–Crippen LogP) is -0.501. The summed E-state index contributed by atoms with van der Waals surface area (Å²) in [4.78, 5) is 11.1. The van der Waals surface area contributed by atoms with Gasteiger partial charge < -0.3 is 15.4 Å². The van der Waals surface area contributed by atoms with Gasteiger partial charge in [-0.1, -0.05) is 6.92 Å². The lowest BCUT2D eigenvalue weighted by molar-refractivity contribution is -0.142. The molecule has 1 heterocycles. The van der Waals surface area contributed by atoms with E-state index in [0.717, 1.165) is 19.5 Å². The Morgan fingerprint density at radius 3 is 3.08 bits per heavy atom. The first-order chi connectivity index (χ1) is 5.77. The van der Waals surface area contributed by atoms with Crippen LogP contribution in [0.25, 0.3) is 0 Å². The zero-order chi connectivity index (χ0) is 8.97. The fourth-order valence-electron chi connectivity index (χ4n) is 1.50. The molecule has 0 aromatic carbocycles. The molecule has 1 saturated heterocycles. The van der Waals surface area contributed by atoms with Crippen LogP contribution in [0.15, 0.2) is 0 Å². The summed E-state index contributed by atoms with van der Waals surface area (Å²) in [7, 11) is 1.42. The Bertz CT molecular complexity index is 161. The van der Waals surface area contributed by atoms with Gasteiger partial charge in [-0.2, -0.15) is 0 Å². The highest BCUT2D eigenvalue weighted by atomic mass is 16.5. The number of carbonyl (C=O) groups excluding carboxylic acids is 1. The Morgan fingerprint density at radius 2 is 2.50 bits per heavy atom. The highest BCUT2D eigenvalue weighted by molar-refractivity contribution is 5.76. The topological polar surface area (TPSA) is 50.4 Å². The minimum absolute atomic E-state index is 0.112. The van der Waals surface area contributed by atoms with E-state index in [4.69, 9.17) is 0 Å².